The lowest BCUT2D eigenvalue weighted by Gasteiger charge is -2.17. The van der Waals surface area contributed by atoms with Gasteiger partial charge >= 0.3 is 6.03 Å². The number of fused-ring (bicyclic) bond motifs is 1. The summed E-state index contributed by atoms with van der Waals surface area (Å²) in [5, 5.41) is 2.84. The van der Waals surface area contributed by atoms with Gasteiger partial charge in [-0.3, -0.25) is 14.5 Å². The van der Waals surface area contributed by atoms with Crippen molar-refractivity contribution in [3.05, 3.63) is 53.6 Å². The first-order valence-electron chi connectivity index (χ1n) is 9.76. The largest absolute Gasteiger partial charge is 0.496 e. The molecule has 2 aliphatic heterocycles. The fraction of sp³-hybridized carbons (Fsp3) is 0.318. The normalized spacial score (nSPS) is 17.9. The molecule has 30 heavy (non-hydrogen) atoms. The number of ether oxygens (including phenoxy) is 2. The Balaban J connectivity index is 1.56. The minimum Gasteiger partial charge on any atom is -0.496 e. The highest BCUT2D eigenvalue weighted by Gasteiger charge is 2.47. The summed E-state index contributed by atoms with van der Waals surface area (Å²) in [6, 6.07) is 11.5. The zero-order valence-corrected chi connectivity index (χ0v) is 16.9. The molecule has 2 aromatic rings. The van der Waals surface area contributed by atoms with Crippen molar-refractivity contribution < 1.29 is 23.9 Å². The maximum atomic E-state index is 12.8. The number of imide groups is 1. The number of amides is 4. The molecular weight excluding hydrogens is 386 g/mol. The molecule has 1 atom stereocenters. The molecule has 4 rings (SSSR count). The van der Waals surface area contributed by atoms with Gasteiger partial charge < -0.3 is 19.7 Å². The molecule has 0 spiro atoms. The number of hydrogen-bond donors (Lipinski definition) is 1. The van der Waals surface area contributed by atoms with Crippen molar-refractivity contribution in [3.63, 3.8) is 0 Å². The molecule has 0 bridgehead atoms. The summed E-state index contributed by atoms with van der Waals surface area (Å²) in [5.41, 5.74) is 1.55. The minimum absolute atomic E-state index is 0.145. The summed E-state index contributed by atoms with van der Waals surface area (Å²) in [6.07, 6.45) is 1.57. The van der Waals surface area contributed by atoms with Crippen LogP contribution in [0.3, 0.4) is 0 Å². The zero-order valence-electron chi connectivity index (χ0n) is 16.9. The average Bonchev–Trinajstić information content (AvgIpc) is 3.33. The van der Waals surface area contributed by atoms with Crippen molar-refractivity contribution in [2.45, 2.75) is 25.4 Å². The summed E-state index contributed by atoms with van der Waals surface area (Å²) in [4.78, 5) is 40.9. The highest BCUT2D eigenvalue weighted by molar-refractivity contribution is 6.07. The Morgan fingerprint density at radius 1 is 1.10 bits per heavy atom. The maximum Gasteiger partial charge on any atom is 0.327 e. The Hall–Kier alpha value is -3.55. The quantitative estimate of drug-likeness (QED) is 0.742. The Bertz CT molecular complexity index is 984. The van der Waals surface area contributed by atoms with Gasteiger partial charge in [-0.1, -0.05) is 18.2 Å². The molecule has 8 heteroatoms. The Morgan fingerprint density at radius 2 is 1.87 bits per heavy atom. The van der Waals surface area contributed by atoms with Crippen LogP contribution >= 0.6 is 0 Å². The number of rotatable bonds is 6. The average molecular weight is 409 g/mol. The predicted octanol–water partition coefficient (Wildman–Crippen LogP) is 2.88. The van der Waals surface area contributed by atoms with Gasteiger partial charge in [0.25, 0.3) is 11.8 Å². The predicted molar refractivity (Wildman–Crippen MR) is 110 cm³/mol. The maximum absolute atomic E-state index is 12.8. The number of nitrogens with one attached hydrogen (secondary N) is 1. The third-order valence-corrected chi connectivity index (χ3v) is 5.48. The second-order valence-electron chi connectivity index (χ2n) is 7.25. The number of carbonyl (C=O) groups is 3. The highest BCUT2D eigenvalue weighted by atomic mass is 16.5. The van der Waals surface area contributed by atoms with Gasteiger partial charge in [-0.2, -0.15) is 0 Å². The van der Waals surface area contributed by atoms with Crippen molar-refractivity contribution in [2.24, 2.45) is 0 Å². The van der Waals surface area contributed by atoms with E-state index in [1.807, 2.05) is 0 Å². The molecular formula is C22H23N3O5. The molecule has 4 amide bonds. The summed E-state index contributed by atoms with van der Waals surface area (Å²) < 4.78 is 10.6. The molecule has 1 unspecified atom stereocenters. The second kappa shape index (κ2) is 8.06. The summed E-state index contributed by atoms with van der Waals surface area (Å²) >= 11 is 0. The van der Waals surface area contributed by atoms with E-state index in [4.69, 9.17) is 9.47 Å². The van der Waals surface area contributed by atoms with E-state index in [0.29, 0.717) is 41.3 Å². The summed E-state index contributed by atoms with van der Waals surface area (Å²) in [7, 11) is 3.01. The molecule has 2 aliphatic rings. The first-order chi connectivity index (χ1) is 14.5. The topological polar surface area (TPSA) is 88.2 Å². The van der Waals surface area contributed by atoms with E-state index < -0.39 is 0 Å². The number of urea groups is 1. The van der Waals surface area contributed by atoms with Gasteiger partial charge in [0.15, 0.2) is 0 Å². The monoisotopic (exact) mass is 409 g/mol. The number of nitrogens with zero attached hydrogens (tertiary/aromatic N) is 2. The number of anilines is 1. The van der Waals surface area contributed by atoms with E-state index in [2.05, 4.69) is 5.32 Å². The standard InChI is InChI=1S/C22H23N3O5/c1-29-18-8-4-3-6-15(18)20(26)23-16-12-14(9-10-19(16)30-2)13-25-21(27)17-7-5-11-24(17)22(25)28/h3-4,6,8-10,12,17H,5,7,11,13H2,1-2H3,(H,23,26). The summed E-state index contributed by atoms with van der Waals surface area (Å²) in [6.45, 7) is 0.765. The van der Waals surface area contributed by atoms with E-state index in [1.54, 1.807) is 47.4 Å². The van der Waals surface area contributed by atoms with Crippen LogP contribution in [0, 0.1) is 0 Å². The number of para-hydroxylation sites is 1. The molecule has 156 valence electrons. The van der Waals surface area contributed by atoms with Crippen LogP contribution in [0.15, 0.2) is 42.5 Å². The van der Waals surface area contributed by atoms with E-state index in [0.717, 1.165) is 6.42 Å². The Labute approximate surface area is 174 Å². The van der Waals surface area contributed by atoms with Gasteiger partial charge in [-0.15, -0.1) is 0 Å². The van der Waals surface area contributed by atoms with Crippen LogP contribution in [0.2, 0.25) is 0 Å². The van der Waals surface area contributed by atoms with Crippen LogP contribution < -0.4 is 14.8 Å². The molecule has 1 N–H and O–H groups in total. The number of carbonyl (C=O) groups excluding carboxylic acids is 3. The number of hydrogen-bond acceptors (Lipinski definition) is 5. The lowest BCUT2D eigenvalue weighted by Crippen LogP contribution is -2.32. The van der Waals surface area contributed by atoms with Crippen molar-refractivity contribution >= 4 is 23.5 Å². The van der Waals surface area contributed by atoms with Crippen LogP contribution in [0.5, 0.6) is 11.5 Å². The number of methoxy groups -OCH3 is 2. The first kappa shape index (κ1) is 19.8. The molecule has 0 aromatic heterocycles. The molecule has 2 heterocycles. The van der Waals surface area contributed by atoms with Gasteiger partial charge in [0.05, 0.1) is 32.0 Å². The van der Waals surface area contributed by atoms with Gasteiger partial charge in [-0.05, 0) is 42.7 Å². The molecule has 8 nitrogen and oxygen atoms in total. The van der Waals surface area contributed by atoms with Gasteiger partial charge in [0.1, 0.15) is 17.5 Å². The van der Waals surface area contributed by atoms with E-state index in [-0.39, 0.29) is 30.4 Å². The molecule has 0 radical (unpaired) electrons. The molecule has 0 aliphatic carbocycles. The van der Waals surface area contributed by atoms with Gasteiger partial charge in [-0.25, -0.2) is 4.79 Å². The van der Waals surface area contributed by atoms with Gasteiger partial charge in [0.2, 0.25) is 0 Å². The van der Waals surface area contributed by atoms with E-state index in [1.165, 1.54) is 19.1 Å². The molecule has 2 fully saturated rings. The van der Waals surface area contributed by atoms with Crippen LogP contribution in [-0.2, 0) is 11.3 Å². The number of benzene rings is 2. The zero-order chi connectivity index (χ0) is 21.3. The second-order valence-corrected chi connectivity index (χ2v) is 7.25. The van der Waals surface area contributed by atoms with Crippen LogP contribution in [-0.4, -0.2) is 54.5 Å². The fourth-order valence-corrected chi connectivity index (χ4v) is 3.98. The minimum atomic E-state index is -0.350. The molecule has 2 saturated heterocycles. The lowest BCUT2D eigenvalue weighted by molar-refractivity contribution is -0.128. The van der Waals surface area contributed by atoms with E-state index >= 15 is 0 Å². The molecule has 0 saturated carbocycles. The lowest BCUT2D eigenvalue weighted by atomic mass is 10.1. The summed E-state index contributed by atoms with van der Waals surface area (Å²) in [5.74, 6) is 0.422. The van der Waals surface area contributed by atoms with Crippen LogP contribution in [0.1, 0.15) is 28.8 Å². The first-order valence-corrected chi connectivity index (χ1v) is 9.76. The SMILES string of the molecule is COc1ccc(CN2C(=O)C3CCCN3C2=O)cc1NC(=O)c1ccccc1OC. The third-order valence-electron chi connectivity index (χ3n) is 5.48. The fourth-order valence-electron chi connectivity index (χ4n) is 3.98. The van der Waals surface area contributed by atoms with Crippen molar-refractivity contribution in [1.29, 1.82) is 0 Å². The highest BCUT2D eigenvalue weighted by Crippen LogP contribution is 2.31. The Morgan fingerprint density at radius 3 is 2.60 bits per heavy atom. The van der Waals surface area contributed by atoms with Crippen molar-refractivity contribution in [1.82, 2.24) is 9.80 Å². The molecule has 2 aromatic carbocycles. The van der Waals surface area contributed by atoms with Crippen LogP contribution in [0.4, 0.5) is 10.5 Å². The van der Waals surface area contributed by atoms with Gasteiger partial charge in [0, 0.05) is 6.54 Å². The van der Waals surface area contributed by atoms with Crippen molar-refractivity contribution in [3.8, 4) is 11.5 Å². The van der Waals surface area contributed by atoms with E-state index in [9.17, 15) is 14.4 Å². The third kappa shape index (κ3) is 3.45. The Kier molecular flexibility index (Phi) is 5.31. The van der Waals surface area contributed by atoms with Crippen molar-refractivity contribution in [2.75, 3.05) is 26.1 Å². The van der Waals surface area contributed by atoms with Crippen LogP contribution in [0.25, 0.3) is 0 Å². The smallest absolute Gasteiger partial charge is 0.327 e.